The van der Waals surface area contributed by atoms with Crippen molar-refractivity contribution in [2.45, 2.75) is 12.5 Å². The number of esters is 2. The number of hydrogen-bond acceptors (Lipinski definition) is 4. The molecule has 0 radical (unpaired) electrons. The Morgan fingerprint density at radius 1 is 1.08 bits per heavy atom. The molecule has 1 saturated heterocycles. The number of ether oxygens (including phenoxy) is 2. The number of carbonyl (C=O) groups is 2. The Hall–Kier alpha value is -2.88. The van der Waals surface area contributed by atoms with E-state index in [0.717, 1.165) is 0 Å². The number of rotatable bonds is 4. The van der Waals surface area contributed by atoms with Crippen molar-refractivity contribution in [2.75, 3.05) is 6.61 Å². The van der Waals surface area contributed by atoms with Crippen LogP contribution in [0.5, 0.6) is 0 Å². The van der Waals surface area contributed by atoms with Crippen molar-refractivity contribution < 1.29 is 19.1 Å². The van der Waals surface area contributed by atoms with E-state index >= 15 is 0 Å². The molecule has 0 aromatic heterocycles. The summed E-state index contributed by atoms with van der Waals surface area (Å²) in [7, 11) is 0. The first-order valence-electron chi connectivity index (χ1n) is 7.81. The largest absolute Gasteiger partial charge is 0.465 e. The third-order valence-electron chi connectivity index (χ3n) is 4.20. The normalized spacial score (nSPS) is 19.0. The zero-order valence-corrected chi connectivity index (χ0v) is 13.4. The van der Waals surface area contributed by atoms with E-state index in [2.05, 4.69) is 6.58 Å². The lowest BCUT2D eigenvalue weighted by Gasteiger charge is -2.33. The average Bonchev–Trinajstić information content (AvgIpc) is 2.89. The maximum atomic E-state index is 12.6. The molecule has 0 saturated carbocycles. The second-order valence-electron chi connectivity index (χ2n) is 5.57. The van der Waals surface area contributed by atoms with Crippen molar-refractivity contribution in [2.24, 2.45) is 5.92 Å². The molecule has 1 aliphatic heterocycles. The molecule has 1 atom stereocenters. The van der Waals surface area contributed by atoms with E-state index in [0.29, 0.717) is 11.1 Å². The van der Waals surface area contributed by atoms with Gasteiger partial charge in [-0.15, -0.1) is 0 Å². The summed E-state index contributed by atoms with van der Waals surface area (Å²) in [5.41, 5.74) is 0.270. The van der Waals surface area contributed by atoms with E-state index in [4.69, 9.17) is 9.47 Å². The molecule has 24 heavy (non-hydrogen) atoms. The van der Waals surface area contributed by atoms with Crippen LogP contribution in [0.1, 0.15) is 18.1 Å². The second-order valence-corrected chi connectivity index (χ2v) is 5.57. The highest BCUT2D eigenvalue weighted by molar-refractivity contribution is 6.00. The number of cyclic esters (lactones) is 1. The summed E-state index contributed by atoms with van der Waals surface area (Å²) in [6.45, 7) is 5.74. The van der Waals surface area contributed by atoms with Crippen LogP contribution in [0.15, 0.2) is 72.8 Å². The van der Waals surface area contributed by atoms with Crippen molar-refractivity contribution in [1.82, 2.24) is 0 Å². The Bertz CT molecular complexity index is 725. The fraction of sp³-hybridized carbons (Fsp3) is 0.200. The minimum Gasteiger partial charge on any atom is -0.465 e. The van der Waals surface area contributed by atoms with Gasteiger partial charge in [0.1, 0.15) is 5.92 Å². The van der Waals surface area contributed by atoms with E-state index in [1.165, 1.54) is 0 Å². The van der Waals surface area contributed by atoms with Crippen LogP contribution in [0.3, 0.4) is 0 Å². The first-order valence-corrected chi connectivity index (χ1v) is 7.81. The fourth-order valence-corrected chi connectivity index (χ4v) is 3.16. The zero-order chi connectivity index (χ0) is 17.2. The Morgan fingerprint density at radius 2 is 1.58 bits per heavy atom. The highest BCUT2D eigenvalue weighted by Crippen LogP contribution is 2.49. The van der Waals surface area contributed by atoms with Gasteiger partial charge in [-0.2, -0.15) is 0 Å². The van der Waals surface area contributed by atoms with Gasteiger partial charge in [0, 0.05) is 16.7 Å². The monoisotopic (exact) mass is 322 g/mol. The molecule has 0 unspecified atom stereocenters. The zero-order valence-electron chi connectivity index (χ0n) is 13.4. The lowest BCUT2D eigenvalue weighted by atomic mass is 9.75. The topological polar surface area (TPSA) is 52.6 Å². The van der Waals surface area contributed by atoms with Crippen LogP contribution in [0.2, 0.25) is 0 Å². The molecule has 0 bridgehead atoms. The predicted octanol–water partition coefficient (Wildman–Crippen LogP) is 3.22. The Morgan fingerprint density at radius 3 is 2.04 bits per heavy atom. The molecule has 0 aliphatic carbocycles. The molecule has 0 N–H and O–H groups in total. The predicted molar refractivity (Wildman–Crippen MR) is 89.0 cm³/mol. The summed E-state index contributed by atoms with van der Waals surface area (Å²) >= 11 is 0. The molecule has 122 valence electrons. The van der Waals surface area contributed by atoms with Crippen molar-refractivity contribution >= 4 is 11.9 Å². The van der Waals surface area contributed by atoms with Gasteiger partial charge < -0.3 is 9.47 Å². The number of carbonyl (C=O) groups excluding carboxylic acids is 2. The van der Waals surface area contributed by atoms with E-state index in [9.17, 15) is 9.59 Å². The van der Waals surface area contributed by atoms with Gasteiger partial charge in [-0.1, -0.05) is 67.2 Å². The van der Waals surface area contributed by atoms with Gasteiger partial charge in [-0.25, -0.2) is 4.79 Å². The first kappa shape index (κ1) is 16.0. The van der Waals surface area contributed by atoms with Crippen LogP contribution in [0.4, 0.5) is 0 Å². The Labute approximate surface area is 140 Å². The molecule has 4 nitrogen and oxygen atoms in total. The lowest BCUT2D eigenvalue weighted by molar-refractivity contribution is -0.155. The van der Waals surface area contributed by atoms with Crippen LogP contribution in [0, 0.1) is 5.92 Å². The average molecular weight is 322 g/mol. The van der Waals surface area contributed by atoms with Crippen LogP contribution in [0.25, 0.3) is 0 Å². The first-order chi connectivity index (χ1) is 11.6. The van der Waals surface area contributed by atoms with E-state index in [-0.39, 0.29) is 12.2 Å². The van der Waals surface area contributed by atoms with Crippen molar-refractivity contribution in [3.05, 3.63) is 83.9 Å². The molecule has 1 fully saturated rings. The highest BCUT2D eigenvalue weighted by atomic mass is 16.6. The summed E-state index contributed by atoms with van der Waals surface area (Å²) in [5.74, 6) is -2.02. The Balaban J connectivity index is 2.26. The fourth-order valence-electron chi connectivity index (χ4n) is 3.16. The van der Waals surface area contributed by atoms with Gasteiger partial charge in [0.2, 0.25) is 0 Å². The van der Waals surface area contributed by atoms with Gasteiger partial charge in [-0.05, 0) is 6.92 Å². The molecule has 4 heteroatoms. The minimum atomic E-state index is -1.26. The van der Waals surface area contributed by atoms with Crippen LogP contribution in [-0.4, -0.2) is 18.5 Å². The second kappa shape index (κ2) is 6.32. The summed E-state index contributed by atoms with van der Waals surface area (Å²) in [5, 5.41) is 0. The molecular formula is C20H18O4. The number of benzene rings is 2. The minimum absolute atomic E-state index is 0.112. The van der Waals surface area contributed by atoms with E-state index in [1.54, 1.807) is 6.92 Å². The van der Waals surface area contributed by atoms with Crippen molar-refractivity contribution in [3.8, 4) is 0 Å². The van der Waals surface area contributed by atoms with Gasteiger partial charge in [-0.3, -0.25) is 4.79 Å². The molecule has 1 heterocycles. The van der Waals surface area contributed by atoms with Gasteiger partial charge in [0.25, 0.3) is 0 Å². The van der Waals surface area contributed by atoms with E-state index in [1.807, 2.05) is 60.7 Å². The smallest absolute Gasteiger partial charge is 0.335 e. The maximum Gasteiger partial charge on any atom is 0.335 e. The van der Waals surface area contributed by atoms with E-state index < -0.39 is 23.5 Å². The molecule has 1 aliphatic rings. The SMILES string of the molecule is C=C1C(=O)OC(c2ccccc2)(c2ccccc2)[C@@H]1C(=O)OCC. The molecule has 2 aromatic carbocycles. The van der Waals surface area contributed by atoms with Crippen molar-refractivity contribution in [1.29, 1.82) is 0 Å². The Kier molecular flexibility index (Phi) is 4.21. The molecule has 2 aromatic rings. The summed E-state index contributed by atoms with van der Waals surface area (Å²) in [6.07, 6.45) is 0. The van der Waals surface area contributed by atoms with Crippen molar-refractivity contribution in [3.63, 3.8) is 0 Å². The van der Waals surface area contributed by atoms with Gasteiger partial charge in [0.05, 0.1) is 6.61 Å². The third kappa shape index (κ3) is 2.40. The number of hydrogen-bond donors (Lipinski definition) is 0. The summed E-state index contributed by atoms with van der Waals surface area (Å²) in [4.78, 5) is 25.0. The standard InChI is InChI=1S/C20H18O4/c1-3-23-19(22)17-14(2)18(21)24-20(17,15-10-6-4-7-11-15)16-12-8-5-9-13-16/h4-13,17H,2-3H2,1H3/t17-/m0/s1. The molecular weight excluding hydrogens is 304 g/mol. The van der Waals surface area contributed by atoms with Gasteiger partial charge >= 0.3 is 11.9 Å². The molecule has 0 amide bonds. The molecule has 3 rings (SSSR count). The third-order valence-corrected chi connectivity index (χ3v) is 4.20. The summed E-state index contributed by atoms with van der Waals surface area (Å²) < 4.78 is 11.0. The maximum absolute atomic E-state index is 12.6. The van der Waals surface area contributed by atoms with Crippen LogP contribution in [-0.2, 0) is 24.7 Å². The lowest BCUT2D eigenvalue weighted by Crippen LogP contribution is -2.39. The highest BCUT2D eigenvalue weighted by Gasteiger charge is 2.58. The molecule has 0 spiro atoms. The van der Waals surface area contributed by atoms with Gasteiger partial charge in [0.15, 0.2) is 5.60 Å². The van der Waals surface area contributed by atoms with Crippen LogP contribution >= 0.6 is 0 Å². The van der Waals surface area contributed by atoms with Crippen LogP contribution < -0.4 is 0 Å². The summed E-state index contributed by atoms with van der Waals surface area (Å²) in [6, 6.07) is 18.5. The quantitative estimate of drug-likeness (QED) is 0.640.